The zero-order chi connectivity index (χ0) is 27.4. The molecule has 1 saturated carbocycles. The number of primary amides is 1. The van der Waals surface area contributed by atoms with E-state index in [1.54, 1.807) is 6.92 Å². The van der Waals surface area contributed by atoms with E-state index < -0.39 is 41.8 Å². The molecule has 37 heavy (non-hydrogen) atoms. The summed E-state index contributed by atoms with van der Waals surface area (Å²) < 4.78 is 0. The van der Waals surface area contributed by atoms with Crippen molar-refractivity contribution in [2.75, 3.05) is 12.3 Å². The van der Waals surface area contributed by atoms with Crippen LogP contribution in [-0.4, -0.2) is 69.4 Å². The summed E-state index contributed by atoms with van der Waals surface area (Å²) >= 11 is 0. The van der Waals surface area contributed by atoms with Gasteiger partial charge in [0.05, 0.1) is 0 Å². The highest BCUT2D eigenvalue weighted by atomic mass is 16.2. The van der Waals surface area contributed by atoms with Crippen molar-refractivity contribution in [1.82, 2.24) is 31.1 Å². The fraction of sp³-hybridized carbons (Fsp3) is 0.682. The molecule has 3 atom stereocenters. The van der Waals surface area contributed by atoms with E-state index in [0.717, 1.165) is 32.1 Å². The molecule has 3 unspecified atom stereocenters. The lowest BCUT2D eigenvalue weighted by Gasteiger charge is -2.28. The van der Waals surface area contributed by atoms with E-state index >= 15 is 0 Å². The molecule has 0 spiro atoms. The third kappa shape index (κ3) is 9.93. The van der Waals surface area contributed by atoms with E-state index in [-0.39, 0.29) is 43.0 Å². The van der Waals surface area contributed by atoms with Crippen LogP contribution in [0.15, 0.2) is 4.99 Å². The van der Waals surface area contributed by atoms with Crippen LogP contribution in [0.4, 0.5) is 5.95 Å². The number of aromatic nitrogens is 3. The Hall–Kier alpha value is -3.91. The second-order valence-electron chi connectivity index (χ2n) is 9.19. The Kier molecular flexibility index (Phi) is 11.6. The molecule has 4 amide bonds. The van der Waals surface area contributed by atoms with Gasteiger partial charge in [0.1, 0.15) is 18.1 Å². The van der Waals surface area contributed by atoms with Crippen LogP contribution in [0.3, 0.4) is 0 Å². The second-order valence-corrected chi connectivity index (χ2v) is 9.19. The minimum absolute atomic E-state index is 0.0897. The third-order valence-corrected chi connectivity index (χ3v) is 6.28. The van der Waals surface area contributed by atoms with Crippen LogP contribution in [0.1, 0.15) is 75.3 Å². The SMILES string of the molecule is CCC(NC(=O)C(CCCN=C(N)N)NC(=O)C(CC1CCCCC1)NC(=O)c1nc(N)n[nH]1)C(N)=O. The van der Waals surface area contributed by atoms with Crippen LogP contribution >= 0.6 is 0 Å². The first-order chi connectivity index (χ1) is 17.6. The van der Waals surface area contributed by atoms with Crippen molar-refractivity contribution < 1.29 is 19.2 Å². The first-order valence-corrected chi connectivity index (χ1v) is 12.5. The van der Waals surface area contributed by atoms with Crippen molar-refractivity contribution in [2.45, 2.75) is 82.8 Å². The molecule has 0 saturated heterocycles. The van der Waals surface area contributed by atoms with Crippen LogP contribution in [-0.2, 0) is 14.4 Å². The van der Waals surface area contributed by atoms with Crippen molar-refractivity contribution in [3.8, 4) is 0 Å². The number of amides is 4. The van der Waals surface area contributed by atoms with E-state index in [1.165, 1.54) is 0 Å². The number of nitrogens with zero attached hydrogens (tertiary/aromatic N) is 3. The van der Waals surface area contributed by atoms with Gasteiger partial charge in [0.2, 0.25) is 29.5 Å². The van der Waals surface area contributed by atoms with Gasteiger partial charge in [-0.25, -0.2) is 0 Å². The number of aromatic amines is 1. The summed E-state index contributed by atoms with van der Waals surface area (Å²) in [6.07, 6.45) is 6.35. The zero-order valence-corrected chi connectivity index (χ0v) is 21.2. The van der Waals surface area contributed by atoms with Gasteiger partial charge in [0.15, 0.2) is 5.96 Å². The van der Waals surface area contributed by atoms with Gasteiger partial charge < -0.3 is 38.9 Å². The molecule has 1 heterocycles. The minimum atomic E-state index is -1.01. The first kappa shape index (κ1) is 29.3. The van der Waals surface area contributed by atoms with Crippen LogP contribution in [0.25, 0.3) is 0 Å². The quantitative estimate of drug-likeness (QED) is 0.0792. The number of hydrogen-bond acceptors (Lipinski definition) is 8. The number of guanidine groups is 1. The molecule has 2 rings (SSSR count). The highest BCUT2D eigenvalue weighted by Crippen LogP contribution is 2.27. The smallest absolute Gasteiger partial charge is 0.289 e. The maximum absolute atomic E-state index is 13.4. The van der Waals surface area contributed by atoms with E-state index in [9.17, 15) is 19.2 Å². The summed E-state index contributed by atoms with van der Waals surface area (Å²) in [7, 11) is 0. The number of nitrogens with two attached hydrogens (primary N) is 4. The fourth-order valence-electron chi connectivity index (χ4n) is 4.28. The number of hydrogen-bond donors (Lipinski definition) is 8. The molecule has 0 aliphatic heterocycles. The van der Waals surface area contributed by atoms with Crippen molar-refractivity contribution in [1.29, 1.82) is 0 Å². The van der Waals surface area contributed by atoms with Gasteiger partial charge in [-0.3, -0.25) is 29.3 Å². The third-order valence-electron chi connectivity index (χ3n) is 6.28. The molecule has 1 aliphatic carbocycles. The van der Waals surface area contributed by atoms with E-state index in [4.69, 9.17) is 22.9 Å². The van der Waals surface area contributed by atoms with E-state index in [1.807, 2.05) is 0 Å². The number of aliphatic imine (C=N–C) groups is 1. The van der Waals surface area contributed by atoms with Gasteiger partial charge in [-0.15, -0.1) is 5.10 Å². The fourth-order valence-corrected chi connectivity index (χ4v) is 4.28. The molecule has 12 N–H and O–H groups in total. The highest BCUT2D eigenvalue weighted by Gasteiger charge is 2.31. The van der Waals surface area contributed by atoms with E-state index in [0.29, 0.717) is 12.8 Å². The van der Waals surface area contributed by atoms with Crippen LogP contribution in [0.5, 0.6) is 0 Å². The number of rotatable bonds is 14. The Morgan fingerprint density at radius 3 is 2.22 bits per heavy atom. The predicted octanol–water partition coefficient (Wildman–Crippen LogP) is -1.63. The molecule has 1 aromatic heterocycles. The molecule has 15 nitrogen and oxygen atoms in total. The predicted molar refractivity (Wildman–Crippen MR) is 136 cm³/mol. The summed E-state index contributed by atoms with van der Waals surface area (Å²) in [5.74, 6) is -2.53. The number of carbonyl (C=O) groups excluding carboxylic acids is 4. The van der Waals surface area contributed by atoms with Gasteiger partial charge in [-0.05, 0) is 31.6 Å². The maximum Gasteiger partial charge on any atom is 0.289 e. The summed E-state index contributed by atoms with van der Waals surface area (Å²) in [6, 6.07) is -2.84. The molecule has 1 aliphatic rings. The summed E-state index contributed by atoms with van der Waals surface area (Å²) in [4.78, 5) is 58.5. The van der Waals surface area contributed by atoms with Crippen LogP contribution in [0, 0.1) is 5.92 Å². The Morgan fingerprint density at radius 2 is 1.65 bits per heavy atom. The molecule has 206 valence electrons. The van der Waals surface area contributed by atoms with Crippen LogP contribution < -0.4 is 38.9 Å². The largest absolute Gasteiger partial charge is 0.370 e. The van der Waals surface area contributed by atoms with Gasteiger partial charge in [0.25, 0.3) is 5.91 Å². The van der Waals surface area contributed by atoms with E-state index in [2.05, 4.69) is 36.1 Å². The standard InChI is InChI=1S/C22H39N11O4/c1-2-13(16(23)34)28-18(35)14(9-6-10-27-21(24)25)29-19(36)15(11-12-7-4-3-5-8-12)30-20(37)17-31-22(26)33-32-17/h12-15H,2-11H2,1H3,(H2,23,34)(H,28,35)(H,29,36)(H,30,37)(H4,24,25,27)(H3,26,31,32,33). The normalized spacial score (nSPS) is 16.1. The molecule has 0 radical (unpaired) electrons. The number of carbonyl (C=O) groups is 4. The van der Waals surface area contributed by atoms with Crippen molar-refractivity contribution in [2.24, 2.45) is 28.1 Å². The number of nitrogen functional groups attached to an aromatic ring is 1. The molecule has 15 heteroatoms. The topological polar surface area (TPSA) is 262 Å². The lowest BCUT2D eigenvalue weighted by atomic mass is 9.84. The zero-order valence-electron chi connectivity index (χ0n) is 21.2. The molecular weight excluding hydrogens is 482 g/mol. The van der Waals surface area contributed by atoms with Crippen LogP contribution in [0.2, 0.25) is 0 Å². The lowest BCUT2D eigenvalue weighted by molar-refractivity contribution is -0.132. The average molecular weight is 522 g/mol. The Bertz CT molecular complexity index is 954. The molecule has 1 fully saturated rings. The van der Waals surface area contributed by atoms with Gasteiger partial charge in [-0.1, -0.05) is 39.0 Å². The summed E-state index contributed by atoms with van der Waals surface area (Å²) in [5, 5.41) is 14.1. The van der Waals surface area contributed by atoms with Crippen molar-refractivity contribution in [3.05, 3.63) is 5.82 Å². The van der Waals surface area contributed by atoms with Crippen molar-refractivity contribution >= 4 is 35.5 Å². The highest BCUT2D eigenvalue weighted by molar-refractivity contribution is 5.97. The Morgan fingerprint density at radius 1 is 1.00 bits per heavy atom. The molecule has 0 bridgehead atoms. The lowest BCUT2D eigenvalue weighted by Crippen LogP contribution is -2.56. The number of H-pyrrole nitrogens is 1. The average Bonchev–Trinajstić information content (AvgIpc) is 3.30. The Balaban J connectivity index is 2.18. The minimum Gasteiger partial charge on any atom is -0.370 e. The molecule has 0 aromatic carbocycles. The van der Waals surface area contributed by atoms with Gasteiger partial charge in [-0.2, -0.15) is 4.98 Å². The first-order valence-electron chi connectivity index (χ1n) is 12.5. The Labute approximate surface area is 215 Å². The molecule has 1 aromatic rings. The number of nitrogens with one attached hydrogen (secondary N) is 4. The summed E-state index contributed by atoms with van der Waals surface area (Å²) in [6.45, 7) is 1.94. The van der Waals surface area contributed by atoms with Crippen molar-refractivity contribution in [3.63, 3.8) is 0 Å². The molecular formula is C22H39N11O4. The van der Waals surface area contributed by atoms with Gasteiger partial charge in [0, 0.05) is 6.54 Å². The van der Waals surface area contributed by atoms with Gasteiger partial charge >= 0.3 is 0 Å². The summed E-state index contributed by atoms with van der Waals surface area (Å²) in [5.41, 5.74) is 21.6. The second kappa shape index (κ2) is 14.6. The number of anilines is 1. The monoisotopic (exact) mass is 521 g/mol. The maximum atomic E-state index is 13.4.